The maximum atomic E-state index is 5.39. The van der Waals surface area contributed by atoms with Gasteiger partial charge >= 0.3 is 6.01 Å². The van der Waals surface area contributed by atoms with Crippen LogP contribution in [0.2, 0.25) is 0 Å². The number of nitrogens with one attached hydrogen (secondary N) is 2. The highest BCUT2D eigenvalue weighted by molar-refractivity contribution is 5.64. The Labute approximate surface area is 154 Å². The summed E-state index contributed by atoms with van der Waals surface area (Å²) >= 11 is 0. The molecule has 0 aliphatic heterocycles. The van der Waals surface area contributed by atoms with E-state index in [1.165, 1.54) is 7.11 Å². The molecule has 0 aliphatic carbocycles. The van der Waals surface area contributed by atoms with Crippen molar-refractivity contribution in [3.05, 3.63) is 18.2 Å². The molecule has 8 nitrogen and oxygen atoms in total. The first-order valence-electron chi connectivity index (χ1n) is 8.58. The van der Waals surface area contributed by atoms with Gasteiger partial charge < -0.3 is 24.8 Å². The van der Waals surface area contributed by atoms with Gasteiger partial charge in [0.05, 0.1) is 27.0 Å². The van der Waals surface area contributed by atoms with Crippen molar-refractivity contribution in [2.45, 2.75) is 26.7 Å². The average Bonchev–Trinajstić information content (AvgIpc) is 2.65. The van der Waals surface area contributed by atoms with E-state index < -0.39 is 0 Å². The fourth-order valence-electron chi connectivity index (χ4n) is 2.32. The zero-order chi connectivity index (χ0) is 18.9. The van der Waals surface area contributed by atoms with E-state index in [2.05, 4.69) is 39.4 Å². The first-order valence-corrected chi connectivity index (χ1v) is 8.58. The summed E-state index contributed by atoms with van der Waals surface area (Å²) in [5.41, 5.74) is 0.715. The van der Waals surface area contributed by atoms with Crippen molar-refractivity contribution in [3.63, 3.8) is 0 Å². The zero-order valence-electron chi connectivity index (χ0n) is 16.0. The Morgan fingerprint density at radius 1 is 0.962 bits per heavy atom. The Bertz CT molecular complexity index is 709. The first kappa shape index (κ1) is 19.6. The topological polar surface area (TPSA) is 90.4 Å². The minimum absolute atomic E-state index is 0.237. The zero-order valence-corrected chi connectivity index (χ0v) is 16.0. The highest BCUT2D eigenvalue weighted by Crippen LogP contribution is 2.31. The van der Waals surface area contributed by atoms with E-state index >= 15 is 0 Å². The molecule has 0 fully saturated rings. The van der Waals surface area contributed by atoms with E-state index in [-0.39, 0.29) is 6.01 Å². The van der Waals surface area contributed by atoms with Gasteiger partial charge in [-0.15, -0.1) is 0 Å². The second-order valence-corrected chi connectivity index (χ2v) is 6.12. The van der Waals surface area contributed by atoms with Crippen LogP contribution in [0.25, 0.3) is 0 Å². The smallest absolute Gasteiger partial charge is 0.322 e. The molecule has 0 bridgehead atoms. The van der Waals surface area contributed by atoms with Crippen LogP contribution in [0.5, 0.6) is 17.5 Å². The second kappa shape index (κ2) is 9.65. The van der Waals surface area contributed by atoms with Crippen molar-refractivity contribution >= 4 is 17.6 Å². The predicted molar refractivity (Wildman–Crippen MR) is 102 cm³/mol. The van der Waals surface area contributed by atoms with Gasteiger partial charge in [-0.2, -0.15) is 15.0 Å². The number of hydrogen-bond acceptors (Lipinski definition) is 8. The van der Waals surface area contributed by atoms with Gasteiger partial charge in [0.2, 0.25) is 11.9 Å². The van der Waals surface area contributed by atoms with Gasteiger partial charge in [-0.05, 0) is 30.9 Å². The summed E-state index contributed by atoms with van der Waals surface area (Å²) in [6.45, 7) is 5.20. The molecule has 0 saturated carbocycles. The van der Waals surface area contributed by atoms with Crippen molar-refractivity contribution in [1.29, 1.82) is 0 Å². The lowest BCUT2D eigenvalue weighted by Crippen LogP contribution is -2.10. The predicted octanol–water partition coefficient (Wildman–Crippen LogP) is 3.49. The largest absolute Gasteiger partial charge is 0.497 e. The Kier molecular flexibility index (Phi) is 7.25. The minimum Gasteiger partial charge on any atom is -0.497 e. The summed E-state index contributed by atoms with van der Waals surface area (Å²) < 4.78 is 15.8. The van der Waals surface area contributed by atoms with E-state index in [1.54, 1.807) is 20.3 Å². The van der Waals surface area contributed by atoms with Crippen molar-refractivity contribution in [1.82, 2.24) is 15.0 Å². The lowest BCUT2D eigenvalue weighted by molar-refractivity contribution is 0.379. The quantitative estimate of drug-likeness (QED) is 0.622. The van der Waals surface area contributed by atoms with Gasteiger partial charge in [-0.3, -0.25) is 0 Å². The van der Waals surface area contributed by atoms with Gasteiger partial charge in [-0.1, -0.05) is 13.8 Å². The van der Waals surface area contributed by atoms with Crippen LogP contribution in [0.4, 0.5) is 17.6 Å². The number of rotatable bonds is 10. The number of methoxy groups -OCH3 is 3. The van der Waals surface area contributed by atoms with Crippen LogP contribution in [0.3, 0.4) is 0 Å². The number of anilines is 3. The molecule has 142 valence electrons. The Morgan fingerprint density at radius 2 is 1.73 bits per heavy atom. The van der Waals surface area contributed by atoms with Crippen molar-refractivity contribution < 1.29 is 14.2 Å². The van der Waals surface area contributed by atoms with Gasteiger partial charge in [0.15, 0.2) is 0 Å². The summed E-state index contributed by atoms with van der Waals surface area (Å²) in [5, 5.41) is 6.35. The number of benzene rings is 1. The normalized spacial score (nSPS) is 10.5. The van der Waals surface area contributed by atoms with E-state index in [1.807, 2.05) is 12.1 Å². The summed E-state index contributed by atoms with van der Waals surface area (Å²) in [7, 11) is 4.72. The highest BCUT2D eigenvalue weighted by Gasteiger charge is 2.11. The van der Waals surface area contributed by atoms with Crippen LogP contribution in [0.1, 0.15) is 26.7 Å². The Hall–Kier alpha value is -2.77. The molecule has 2 rings (SSSR count). The Morgan fingerprint density at radius 3 is 2.38 bits per heavy atom. The molecular formula is C18H27N5O3. The molecule has 0 spiro atoms. The fourth-order valence-corrected chi connectivity index (χ4v) is 2.32. The van der Waals surface area contributed by atoms with Crippen LogP contribution in [0, 0.1) is 5.92 Å². The van der Waals surface area contributed by atoms with Crippen LogP contribution in [0.15, 0.2) is 18.2 Å². The maximum Gasteiger partial charge on any atom is 0.322 e. The summed E-state index contributed by atoms with van der Waals surface area (Å²) in [6.07, 6.45) is 2.18. The van der Waals surface area contributed by atoms with E-state index in [9.17, 15) is 0 Å². The molecule has 26 heavy (non-hydrogen) atoms. The molecule has 1 aromatic heterocycles. The molecule has 0 saturated heterocycles. The molecule has 2 N–H and O–H groups in total. The monoisotopic (exact) mass is 361 g/mol. The third-order valence-corrected chi connectivity index (χ3v) is 3.69. The van der Waals surface area contributed by atoms with E-state index in [0.29, 0.717) is 35.0 Å². The molecule has 0 atom stereocenters. The molecule has 1 aromatic carbocycles. The van der Waals surface area contributed by atoms with Crippen LogP contribution < -0.4 is 24.8 Å². The van der Waals surface area contributed by atoms with Crippen LogP contribution in [-0.4, -0.2) is 42.8 Å². The lowest BCUT2D eigenvalue weighted by atomic mass is 10.1. The van der Waals surface area contributed by atoms with Crippen molar-refractivity contribution in [2.75, 3.05) is 38.5 Å². The van der Waals surface area contributed by atoms with Gasteiger partial charge in [0, 0.05) is 12.6 Å². The first-order chi connectivity index (χ1) is 12.5. The molecule has 0 unspecified atom stereocenters. The molecule has 2 aromatic rings. The summed E-state index contributed by atoms with van der Waals surface area (Å²) in [4.78, 5) is 12.9. The number of hydrogen-bond donors (Lipinski definition) is 2. The standard InChI is InChI=1S/C18H27N5O3/c1-12(2)7-6-10-19-16-21-17(23-18(22-16)26-5)20-14-9-8-13(24-3)11-15(14)25-4/h8-9,11-12H,6-7,10H2,1-5H3,(H2,19,20,21,22,23). The maximum absolute atomic E-state index is 5.39. The molecule has 0 aliphatic rings. The SMILES string of the molecule is COc1ccc(Nc2nc(NCCCC(C)C)nc(OC)n2)c(OC)c1. The molecule has 1 heterocycles. The number of nitrogens with zero attached hydrogens (tertiary/aromatic N) is 3. The summed E-state index contributed by atoms with van der Waals surface area (Å²) in [5.74, 6) is 2.83. The van der Waals surface area contributed by atoms with Gasteiger partial charge in [0.1, 0.15) is 11.5 Å². The molecular weight excluding hydrogens is 334 g/mol. The van der Waals surface area contributed by atoms with Gasteiger partial charge in [0.25, 0.3) is 0 Å². The fraction of sp³-hybridized carbons (Fsp3) is 0.500. The third kappa shape index (κ3) is 5.65. The summed E-state index contributed by atoms with van der Waals surface area (Å²) in [6, 6.07) is 5.69. The molecule has 8 heteroatoms. The minimum atomic E-state index is 0.237. The van der Waals surface area contributed by atoms with Crippen LogP contribution >= 0.6 is 0 Å². The van der Waals surface area contributed by atoms with Crippen molar-refractivity contribution in [3.8, 4) is 17.5 Å². The number of aromatic nitrogens is 3. The second-order valence-electron chi connectivity index (χ2n) is 6.12. The lowest BCUT2D eigenvalue weighted by Gasteiger charge is -2.13. The Balaban J connectivity index is 2.14. The van der Waals surface area contributed by atoms with Crippen molar-refractivity contribution in [2.24, 2.45) is 5.92 Å². The van der Waals surface area contributed by atoms with Crippen LogP contribution in [-0.2, 0) is 0 Å². The highest BCUT2D eigenvalue weighted by atomic mass is 16.5. The van der Waals surface area contributed by atoms with Gasteiger partial charge in [-0.25, -0.2) is 0 Å². The number of ether oxygens (including phenoxy) is 3. The third-order valence-electron chi connectivity index (χ3n) is 3.69. The van der Waals surface area contributed by atoms with E-state index in [0.717, 1.165) is 19.4 Å². The molecule has 0 radical (unpaired) electrons. The molecule has 0 amide bonds. The average molecular weight is 361 g/mol. The van der Waals surface area contributed by atoms with E-state index in [4.69, 9.17) is 14.2 Å².